The standard InChI is InChI=1S/C22H16I2O9S/c23-14-3-1-2-11(17(14)24)20(25)32-18-12-8-13-16(22(27)33-19(13)18)15(12)21(26)31-9-4-6-10(7-5-9)34(28,29)30/h1-7,12-13,15-16,18-19H,8H2,(H,28,29,30)/p-1. The minimum absolute atomic E-state index is 0.0325. The van der Waals surface area contributed by atoms with Crippen molar-refractivity contribution in [2.24, 2.45) is 23.7 Å². The molecule has 34 heavy (non-hydrogen) atoms. The maximum atomic E-state index is 13.1. The first-order valence-electron chi connectivity index (χ1n) is 10.2. The molecule has 0 aromatic heterocycles. The van der Waals surface area contributed by atoms with Crippen LogP contribution in [-0.2, 0) is 29.2 Å². The number of fused-ring (bicyclic) bond motifs is 1. The quantitative estimate of drug-likeness (QED) is 0.199. The van der Waals surface area contributed by atoms with E-state index < -0.39 is 62.9 Å². The van der Waals surface area contributed by atoms with Crippen LogP contribution in [0.4, 0.5) is 0 Å². The normalized spacial score (nSPS) is 29.1. The van der Waals surface area contributed by atoms with Gasteiger partial charge in [0, 0.05) is 19.0 Å². The lowest BCUT2D eigenvalue weighted by Crippen LogP contribution is -2.44. The summed E-state index contributed by atoms with van der Waals surface area (Å²) >= 11 is 4.18. The molecule has 3 fully saturated rings. The van der Waals surface area contributed by atoms with E-state index in [2.05, 4.69) is 45.2 Å². The molecule has 178 valence electrons. The van der Waals surface area contributed by atoms with Crippen LogP contribution in [0.1, 0.15) is 16.8 Å². The number of hydrogen-bond donors (Lipinski definition) is 0. The summed E-state index contributed by atoms with van der Waals surface area (Å²) in [4.78, 5) is 38.1. The largest absolute Gasteiger partial charge is 0.744 e. The Hall–Kier alpha value is -1.78. The average molecular weight is 709 g/mol. The van der Waals surface area contributed by atoms with Crippen LogP contribution in [0, 0.1) is 30.8 Å². The summed E-state index contributed by atoms with van der Waals surface area (Å²) in [5, 5.41) is 0. The van der Waals surface area contributed by atoms with Gasteiger partial charge in [-0.2, -0.15) is 0 Å². The summed E-state index contributed by atoms with van der Waals surface area (Å²) in [5.74, 6) is -4.00. The first kappa shape index (κ1) is 23.9. The summed E-state index contributed by atoms with van der Waals surface area (Å²) in [5.41, 5.74) is 0.392. The Balaban J connectivity index is 1.36. The smallest absolute Gasteiger partial charge is 0.339 e. The molecule has 1 saturated heterocycles. The van der Waals surface area contributed by atoms with Gasteiger partial charge in [0.15, 0.2) is 0 Å². The zero-order valence-electron chi connectivity index (χ0n) is 17.1. The van der Waals surface area contributed by atoms with Gasteiger partial charge in [-0.3, -0.25) is 9.59 Å². The number of rotatable bonds is 5. The van der Waals surface area contributed by atoms with E-state index in [-0.39, 0.29) is 11.7 Å². The Labute approximate surface area is 221 Å². The van der Waals surface area contributed by atoms with Crippen molar-refractivity contribution in [3.05, 3.63) is 55.2 Å². The van der Waals surface area contributed by atoms with Crippen molar-refractivity contribution in [2.75, 3.05) is 0 Å². The van der Waals surface area contributed by atoms with Crippen molar-refractivity contribution in [2.45, 2.75) is 23.5 Å². The lowest BCUT2D eigenvalue weighted by atomic mass is 9.78. The molecule has 1 aliphatic heterocycles. The maximum absolute atomic E-state index is 13.1. The van der Waals surface area contributed by atoms with Crippen molar-refractivity contribution < 1.29 is 41.6 Å². The van der Waals surface area contributed by atoms with Crippen molar-refractivity contribution in [3.8, 4) is 5.75 Å². The molecule has 0 spiro atoms. The van der Waals surface area contributed by atoms with Crippen molar-refractivity contribution in [1.82, 2.24) is 0 Å². The summed E-state index contributed by atoms with van der Waals surface area (Å²) < 4.78 is 51.6. The Morgan fingerprint density at radius 2 is 1.76 bits per heavy atom. The number of hydrogen-bond acceptors (Lipinski definition) is 9. The molecule has 9 nitrogen and oxygen atoms in total. The molecule has 3 aliphatic rings. The molecule has 2 aromatic carbocycles. The van der Waals surface area contributed by atoms with Gasteiger partial charge in [0.1, 0.15) is 28.1 Å². The number of esters is 3. The van der Waals surface area contributed by atoms with Crippen LogP contribution >= 0.6 is 45.2 Å². The van der Waals surface area contributed by atoms with Gasteiger partial charge in [-0.1, -0.05) is 6.07 Å². The fraction of sp³-hybridized carbons (Fsp3) is 0.318. The molecule has 0 amide bonds. The van der Waals surface area contributed by atoms with Gasteiger partial charge in [0.05, 0.1) is 22.3 Å². The lowest BCUT2D eigenvalue weighted by Gasteiger charge is -2.30. The van der Waals surface area contributed by atoms with Crippen LogP contribution in [0.5, 0.6) is 5.75 Å². The highest BCUT2D eigenvalue weighted by Gasteiger charge is 2.70. The van der Waals surface area contributed by atoms with E-state index in [0.29, 0.717) is 12.0 Å². The van der Waals surface area contributed by atoms with Crippen molar-refractivity contribution >= 4 is 73.2 Å². The van der Waals surface area contributed by atoms with Gasteiger partial charge in [-0.05, 0) is 88.0 Å². The average Bonchev–Trinajstić information content (AvgIpc) is 3.39. The zero-order chi connectivity index (χ0) is 24.4. The van der Waals surface area contributed by atoms with E-state index in [9.17, 15) is 27.4 Å². The highest BCUT2D eigenvalue weighted by Crippen LogP contribution is 2.59. The Bertz CT molecular complexity index is 1310. The predicted octanol–water partition coefficient (Wildman–Crippen LogP) is 2.74. The molecular weight excluding hydrogens is 694 g/mol. The molecule has 2 aliphatic carbocycles. The van der Waals surface area contributed by atoms with E-state index in [1.807, 2.05) is 6.07 Å². The summed E-state index contributed by atoms with van der Waals surface area (Å²) in [7, 11) is -4.63. The zero-order valence-corrected chi connectivity index (χ0v) is 22.2. The van der Waals surface area contributed by atoms with Gasteiger partial charge in [-0.15, -0.1) is 0 Å². The number of benzene rings is 2. The molecule has 0 N–H and O–H groups in total. The predicted molar refractivity (Wildman–Crippen MR) is 130 cm³/mol. The van der Waals surface area contributed by atoms with Crippen LogP contribution in [0.3, 0.4) is 0 Å². The lowest BCUT2D eigenvalue weighted by molar-refractivity contribution is -0.149. The molecule has 6 atom stereocenters. The Kier molecular flexibility index (Phi) is 6.13. The monoisotopic (exact) mass is 709 g/mol. The van der Waals surface area contributed by atoms with Crippen LogP contribution in [0.15, 0.2) is 47.4 Å². The van der Waals surface area contributed by atoms with E-state index in [1.54, 1.807) is 12.1 Å². The minimum atomic E-state index is -4.63. The third-order valence-electron chi connectivity index (χ3n) is 6.56. The van der Waals surface area contributed by atoms with Gasteiger partial charge < -0.3 is 18.8 Å². The van der Waals surface area contributed by atoms with Crippen LogP contribution in [-0.4, -0.2) is 43.1 Å². The number of carbonyl (C=O) groups is 3. The molecule has 2 aromatic rings. The summed E-state index contributed by atoms with van der Waals surface area (Å²) in [6.45, 7) is 0. The highest BCUT2D eigenvalue weighted by atomic mass is 127. The summed E-state index contributed by atoms with van der Waals surface area (Å²) in [6, 6.07) is 9.74. The topological polar surface area (TPSA) is 136 Å². The molecule has 0 radical (unpaired) electrons. The molecule has 2 saturated carbocycles. The van der Waals surface area contributed by atoms with Gasteiger partial charge in [-0.25, -0.2) is 13.2 Å². The van der Waals surface area contributed by atoms with Gasteiger partial charge in [0.2, 0.25) is 0 Å². The molecular formula is C22H15I2O9S-. The van der Waals surface area contributed by atoms with E-state index in [1.165, 1.54) is 12.1 Å². The third-order valence-corrected chi connectivity index (χ3v) is 10.5. The Morgan fingerprint density at radius 3 is 2.44 bits per heavy atom. The Morgan fingerprint density at radius 1 is 1.06 bits per heavy atom. The van der Waals surface area contributed by atoms with Crippen LogP contribution in [0.2, 0.25) is 0 Å². The van der Waals surface area contributed by atoms with Crippen LogP contribution < -0.4 is 4.74 Å². The molecule has 1 heterocycles. The third kappa shape index (κ3) is 4.01. The fourth-order valence-corrected chi connectivity index (χ4v) is 6.72. The highest BCUT2D eigenvalue weighted by molar-refractivity contribution is 14.1. The first-order valence-corrected chi connectivity index (χ1v) is 13.8. The second-order valence-corrected chi connectivity index (χ2v) is 12.0. The number of carbonyl (C=O) groups excluding carboxylic acids is 3. The van der Waals surface area contributed by atoms with Crippen molar-refractivity contribution in [3.63, 3.8) is 0 Å². The molecule has 6 unspecified atom stereocenters. The second-order valence-electron chi connectivity index (χ2n) is 8.33. The second kappa shape index (κ2) is 8.71. The molecule has 2 bridgehead atoms. The SMILES string of the molecule is O=C(OC1C2CC3C1OC(=O)C3C2C(=O)Oc1ccc(S(=O)(=O)[O-])cc1)c1cccc(I)c1I. The van der Waals surface area contributed by atoms with E-state index >= 15 is 0 Å². The van der Waals surface area contributed by atoms with Gasteiger partial charge in [0.25, 0.3) is 0 Å². The van der Waals surface area contributed by atoms with E-state index in [0.717, 1.165) is 19.3 Å². The van der Waals surface area contributed by atoms with Gasteiger partial charge >= 0.3 is 17.9 Å². The van der Waals surface area contributed by atoms with Crippen molar-refractivity contribution in [1.29, 1.82) is 0 Å². The van der Waals surface area contributed by atoms with E-state index in [4.69, 9.17) is 14.2 Å². The maximum Gasteiger partial charge on any atom is 0.339 e. The molecule has 12 heteroatoms. The number of ether oxygens (including phenoxy) is 3. The van der Waals surface area contributed by atoms with Crippen LogP contribution in [0.25, 0.3) is 0 Å². The minimum Gasteiger partial charge on any atom is -0.744 e. The fourth-order valence-electron chi connectivity index (χ4n) is 5.18. The first-order chi connectivity index (χ1) is 16.1. The molecule has 5 rings (SSSR count). The summed E-state index contributed by atoms with van der Waals surface area (Å²) in [6.07, 6.45) is -0.896. The number of halogens is 2.